The summed E-state index contributed by atoms with van der Waals surface area (Å²) in [5, 5.41) is 3.27. The molecule has 2 saturated heterocycles. The van der Waals surface area contributed by atoms with Gasteiger partial charge in [0.25, 0.3) is 5.91 Å². The molecule has 1 aliphatic carbocycles. The second kappa shape index (κ2) is 11.6. The number of carbonyl (C=O) groups excluding carboxylic acids is 1. The van der Waals surface area contributed by atoms with Crippen LogP contribution in [-0.4, -0.2) is 60.6 Å². The Hall–Kier alpha value is -2.63. The maximum Gasteiger partial charge on any atom is 0.251 e. The van der Waals surface area contributed by atoms with Crippen molar-refractivity contribution >= 4 is 5.91 Å². The van der Waals surface area contributed by atoms with Gasteiger partial charge in [0.1, 0.15) is 5.75 Å². The highest BCUT2D eigenvalue weighted by Crippen LogP contribution is 2.34. The number of carbonyl (C=O) groups is 1. The van der Waals surface area contributed by atoms with Crippen LogP contribution in [0.25, 0.3) is 11.1 Å². The summed E-state index contributed by atoms with van der Waals surface area (Å²) >= 11 is 0. The third kappa shape index (κ3) is 5.68. The molecule has 5 nitrogen and oxygen atoms in total. The Bertz CT molecular complexity index is 1060. The minimum absolute atomic E-state index is 0.0457. The summed E-state index contributed by atoms with van der Waals surface area (Å²) in [6.07, 6.45) is 11.7. The molecule has 2 aliphatic heterocycles. The van der Waals surface area contributed by atoms with Gasteiger partial charge < -0.3 is 10.1 Å². The van der Waals surface area contributed by atoms with Crippen LogP contribution in [0.4, 0.5) is 0 Å². The molecule has 5 heteroatoms. The van der Waals surface area contributed by atoms with Gasteiger partial charge >= 0.3 is 0 Å². The van der Waals surface area contributed by atoms with E-state index < -0.39 is 0 Å². The number of hydrogen-bond donors (Lipinski definition) is 1. The van der Waals surface area contributed by atoms with Crippen molar-refractivity contribution in [2.45, 2.75) is 76.0 Å². The smallest absolute Gasteiger partial charge is 0.251 e. The number of fused-ring (bicyclic) bond motifs is 2. The van der Waals surface area contributed by atoms with E-state index in [0.717, 1.165) is 61.5 Å². The van der Waals surface area contributed by atoms with Gasteiger partial charge in [-0.05, 0) is 73.1 Å². The number of benzene rings is 2. The Balaban J connectivity index is 1.45. The first-order valence-corrected chi connectivity index (χ1v) is 13.8. The SMILES string of the molecule is C=CCN1CCC2CCCC(C1)N2Cc1ccc(C(=O)NC2CCCC2)cc1-c1cccc(OC)c1. The van der Waals surface area contributed by atoms with Gasteiger partial charge in [-0.25, -0.2) is 0 Å². The predicted molar refractivity (Wildman–Crippen MR) is 146 cm³/mol. The lowest BCUT2D eigenvalue weighted by Crippen LogP contribution is -2.47. The third-order valence-corrected chi connectivity index (χ3v) is 8.44. The Morgan fingerprint density at radius 3 is 2.69 bits per heavy atom. The average Bonchev–Trinajstić information content (AvgIpc) is 3.39. The number of hydrogen-bond acceptors (Lipinski definition) is 4. The molecule has 0 aromatic heterocycles. The summed E-state index contributed by atoms with van der Waals surface area (Å²) in [5.41, 5.74) is 4.28. The minimum atomic E-state index is 0.0457. The zero-order valence-electron chi connectivity index (χ0n) is 21.8. The Morgan fingerprint density at radius 1 is 1.06 bits per heavy atom. The topological polar surface area (TPSA) is 44.8 Å². The van der Waals surface area contributed by atoms with Crippen molar-refractivity contribution in [1.29, 1.82) is 0 Å². The molecule has 0 radical (unpaired) electrons. The van der Waals surface area contributed by atoms with Gasteiger partial charge in [-0.15, -0.1) is 6.58 Å². The molecule has 192 valence electrons. The highest BCUT2D eigenvalue weighted by molar-refractivity contribution is 5.96. The number of rotatable bonds is 8. The van der Waals surface area contributed by atoms with Crippen molar-refractivity contribution in [3.63, 3.8) is 0 Å². The quantitative estimate of drug-likeness (QED) is 0.489. The largest absolute Gasteiger partial charge is 0.497 e. The minimum Gasteiger partial charge on any atom is -0.497 e. The van der Waals surface area contributed by atoms with Crippen LogP contribution < -0.4 is 10.1 Å². The highest BCUT2D eigenvalue weighted by atomic mass is 16.5. The first-order chi connectivity index (χ1) is 17.6. The van der Waals surface area contributed by atoms with Crippen LogP contribution in [-0.2, 0) is 6.54 Å². The van der Waals surface area contributed by atoms with Crippen molar-refractivity contribution in [2.24, 2.45) is 0 Å². The summed E-state index contributed by atoms with van der Waals surface area (Å²) in [6.45, 7) is 8.11. The van der Waals surface area contributed by atoms with E-state index in [4.69, 9.17) is 4.74 Å². The lowest BCUT2D eigenvalue weighted by atomic mass is 9.91. The van der Waals surface area contributed by atoms with Gasteiger partial charge in [-0.3, -0.25) is 14.6 Å². The van der Waals surface area contributed by atoms with E-state index in [0.29, 0.717) is 18.1 Å². The van der Waals surface area contributed by atoms with Crippen LogP contribution in [0.5, 0.6) is 5.75 Å². The van der Waals surface area contributed by atoms with Crippen molar-refractivity contribution in [3.8, 4) is 16.9 Å². The molecule has 1 N–H and O–H groups in total. The van der Waals surface area contributed by atoms with E-state index in [1.807, 2.05) is 24.3 Å². The zero-order chi connectivity index (χ0) is 24.9. The summed E-state index contributed by atoms with van der Waals surface area (Å²) in [5.74, 6) is 0.885. The molecule has 0 spiro atoms. The maximum absolute atomic E-state index is 13.2. The average molecular weight is 488 g/mol. The zero-order valence-corrected chi connectivity index (χ0v) is 21.8. The molecule has 1 saturated carbocycles. The molecule has 2 bridgehead atoms. The number of methoxy groups -OCH3 is 1. The number of piperidine rings is 1. The Kier molecular flexibility index (Phi) is 8.08. The normalized spacial score (nSPS) is 23.2. The predicted octanol–water partition coefficient (Wildman–Crippen LogP) is 5.65. The van der Waals surface area contributed by atoms with Crippen LogP contribution in [0, 0.1) is 0 Å². The first kappa shape index (κ1) is 25.0. The Morgan fingerprint density at radius 2 is 1.89 bits per heavy atom. The van der Waals surface area contributed by atoms with Crippen molar-refractivity contribution in [2.75, 3.05) is 26.7 Å². The van der Waals surface area contributed by atoms with Crippen LogP contribution >= 0.6 is 0 Å². The number of nitrogens with zero attached hydrogens (tertiary/aromatic N) is 2. The maximum atomic E-state index is 13.2. The third-order valence-electron chi connectivity index (χ3n) is 8.44. The van der Waals surface area contributed by atoms with Crippen LogP contribution in [0.15, 0.2) is 55.1 Å². The molecule has 2 heterocycles. The fraction of sp³-hybridized carbons (Fsp3) is 0.516. The van der Waals surface area contributed by atoms with E-state index in [2.05, 4.69) is 46.0 Å². The molecule has 2 aromatic rings. The van der Waals surface area contributed by atoms with E-state index in [1.54, 1.807) is 7.11 Å². The fourth-order valence-electron chi connectivity index (χ4n) is 6.50. The van der Waals surface area contributed by atoms with E-state index in [9.17, 15) is 4.79 Å². The molecule has 1 amide bonds. The van der Waals surface area contributed by atoms with Crippen LogP contribution in [0.2, 0.25) is 0 Å². The second-order valence-corrected chi connectivity index (χ2v) is 10.8. The molecule has 5 rings (SSSR count). The molecule has 36 heavy (non-hydrogen) atoms. The number of ether oxygens (including phenoxy) is 1. The van der Waals surface area contributed by atoms with Crippen molar-refractivity contribution in [3.05, 3.63) is 66.2 Å². The van der Waals surface area contributed by atoms with Crippen LogP contribution in [0.1, 0.15) is 67.3 Å². The van der Waals surface area contributed by atoms with Gasteiger partial charge in [0.05, 0.1) is 7.11 Å². The Labute approximate surface area is 216 Å². The van der Waals surface area contributed by atoms with Crippen molar-refractivity contribution in [1.82, 2.24) is 15.1 Å². The van der Waals surface area contributed by atoms with Gasteiger partial charge in [0, 0.05) is 49.9 Å². The molecule has 2 atom stereocenters. The number of nitrogens with one attached hydrogen (secondary N) is 1. The lowest BCUT2D eigenvalue weighted by Gasteiger charge is -2.41. The van der Waals surface area contributed by atoms with Gasteiger partial charge in [-0.1, -0.05) is 43.5 Å². The molecule has 2 aromatic carbocycles. The van der Waals surface area contributed by atoms with Crippen molar-refractivity contribution < 1.29 is 9.53 Å². The van der Waals surface area contributed by atoms with Gasteiger partial charge in [-0.2, -0.15) is 0 Å². The van der Waals surface area contributed by atoms with E-state index >= 15 is 0 Å². The van der Waals surface area contributed by atoms with Gasteiger partial charge in [0.15, 0.2) is 0 Å². The molecule has 2 unspecified atom stereocenters. The second-order valence-electron chi connectivity index (χ2n) is 10.8. The van der Waals surface area contributed by atoms with E-state index in [-0.39, 0.29) is 5.91 Å². The van der Waals surface area contributed by atoms with E-state index in [1.165, 1.54) is 44.1 Å². The molecule has 3 aliphatic rings. The summed E-state index contributed by atoms with van der Waals surface area (Å²) in [7, 11) is 1.71. The lowest BCUT2D eigenvalue weighted by molar-refractivity contribution is 0.0787. The molecular formula is C31H41N3O2. The highest BCUT2D eigenvalue weighted by Gasteiger charge is 2.34. The summed E-state index contributed by atoms with van der Waals surface area (Å²) < 4.78 is 5.54. The monoisotopic (exact) mass is 487 g/mol. The summed E-state index contributed by atoms with van der Waals surface area (Å²) in [4.78, 5) is 18.5. The van der Waals surface area contributed by atoms with Gasteiger partial charge in [0.2, 0.25) is 0 Å². The van der Waals surface area contributed by atoms with Crippen LogP contribution in [0.3, 0.4) is 0 Å². The molecular weight excluding hydrogens is 446 g/mol. The number of amides is 1. The molecule has 3 fully saturated rings. The fourth-order valence-corrected chi connectivity index (χ4v) is 6.50. The summed E-state index contributed by atoms with van der Waals surface area (Å²) in [6, 6.07) is 16.1. The standard InChI is InChI=1S/C31H41N3O2/c1-3-17-33-18-16-27-11-7-12-28(22-33)34(27)21-25-15-14-24(31(35)32-26-9-4-5-10-26)20-30(25)23-8-6-13-29(19-23)36-2/h3,6,8,13-15,19-20,26-28H,1,4-5,7,9-12,16-18,21-22H2,2H3,(H,32,35). The first-order valence-electron chi connectivity index (χ1n) is 13.8.